The molecule has 2 bridgehead atoms. The lowest BCUT2D eigenvalue weighted by molar-refractivity contribution is -0.318. The predicted molar refractivity (Wildman–Crippen MR) is 203 cm³/mol. The topological polar surface area (TPSA) is 193 Å². The van der Waals surface area contributed by atoms with E-state index in [0.29, 0.717) is 6.42 Å². The molecule has 0 aromatic rings. The molecule has 17 nitrogen and oxygen atoms in total. The molecule has 17 heteroatoms. The van der Waals surface area contributed by atoms with Crippen LogP contribution in [0.15, 0.2) is 0 Å². The van der Waals surface area contributed by atoms with Gasteiger partial charge in [-0.2, -0.15) is 0 Å². The molecule has 0 amide bonds. The summed E-state index contributed by atoms with van der Waals surface area (Å²) in [6.45, 7) is 19.0. The van der Waals surface area contributed by atoms with Crippen molar-refractivity contribution in [3.05, 3.63) is 0 Å². The number of hydrogen-bond acceptors (Lipinski definition) is 17. The minimum atomic E-state index is -1.49. The van der Waals surface area contributed by atoms with E-state index in [1.165, 1.54) is 14.0 Å². The van der Waals surface area contributed by atoms with E-state index in [9.17, 15) is 24.3 Å². The Labute approximate surface area is 342 Å². The third-order valence-corrected chi connectivity index (χ3v) is 13.3. The van der Waals surface area contributed by atoms with Crippen LogP contribution in [-0.2, 0) is 61.7 Å². The van der Waals surface area contributed by atoms with Crippen molar-refractivity contribution in [3.63, 3.8) is 0 Å². The first-order valence-electron chi connectivity index (χ1n) is 20.7. The molecular formula is C41H67NO16. The number of methoxy groups -OCH3 is 1. The summed E-state index contributed by atoms with van der Waals surface area (Å²) in [7, 11) is 5.25. The summed E-state index contributed by atoms with van der Waals surface area (Å²) in [5, 5.41) is 11.0. The van der Waals surface area contributed by atoms with Crippen LogP contribution in [-0.4, -0.2) is 146 Å². The first kappa shape index (κ1) is 46.3. The van der Waals surface area contributed by atoms with Crippen LogP contribution >= 0.6 is 0 Å². The van der Waals surface area contributed by atoms with E-state index >= 15 is 0 Å². The molecule has 0 aliphatic carbocycles. The molecule has 1 N–H and O–H groups in total. The fraction of sp³-hybridized carbons (Fsp3) is 0.902. The minimum absolute atomic E-state index is 0.0924. The van der Waals surface area contributed by atoms with Crippen LogP contribution in [0.2, 0.25) is 0 Å². The highest BCUT2D eigenvalue weighted by atomic mass is 16.8. The zero-order valence-corrected chi connectivity index (χ0v) is 36.6. The van der Waals surface area contributed by atoms with Crippen LogP contribution in [0.1, 0.15) is 102 Å². The van der Waals surface area contributed by atoms with E-state index in [1.807, 2.05) is 39.8 Å². The smallest absolute Gasteiger partial charge is 0.458 e. The zero-order chi connectivity index (χ0) is 43.2. The number of hydrogen-bond donors (Lipinski definition) is 1. The second-order valence-corrected chi connectivity index (χ2v) is 18.1. The summed E-state index contributed by atoms with van der Waals surface area (Å²) in [5.74, 6) is -4.14. The van der Waals surface area contributed by atoms with E-state index in [2.05, 4.69) is 0 Å². The molecule has 0 radical (unpaired) electrons. The largest absolute Gasteiger partial charge is 0.509 e. The van der Waals surface area contributed by atoms with Crippen molar-refractivity contribution in [1.82, 2.24) is 4.90 Å². The number of esters is 2. The van der Waals surface area contributed by atoms with Crippen LogP contribution in [0.25, 0.3) is 0 Å². The number of nitrogens with zero attached hydrogens (tertiary/aromatic N) is 1. The van der Waals surface area contributed by atoms with Gasteiger partial charge in [-0.25, -0.2) is 9.59 Å². The third-order valence-electron chi connectivity index (χ3n) is 13.3. The monoisotopic (exact) mass is 829 g/mol. The quantitative estimate of drug-likeness (QED) is 0.265. The van der Waals surface area contributed by atoms with Crippen molar-refractivity contribution < 1.29 is 76.4 Å². The maximum Gasteiger partial charge on any atom is 0.509 e. The van der Waals surface area contributed by atoms with Crippen molar-refractivity contribution in [1.29, 1.82) is 0 Å². The highest BCUT2D eigenvalue weighted by Gasteiger charge is 2.61. The van der Waals surface area contributed by atoms with Crippen molar-refractivity contribution in [3.8, 4) is 0 Å². The number of cyclic esters (lactones) is 1. The maximum atomic E-state index is 14.6. The molecule has 5 saturated heterocycles. The molecule has 19 atom stereocenters. The zero-order valence-electron chi connectivity index (χ0n) is 36.6. The van der Waals surface area contributed by atoms with E-state index in [-0.39, 0.29) is 31.4 Å². The predicted octanol–water partition coefficient (Wildman–Crippen LogP) is 4.51. The van der Waals surface area contributed by atoms with Gasteiger partial charge in [0.25, 0.3) is 0 Å². The summed E-state index contributed by atoms with van der Waals surface area (Å²) >= 11 is 0. The lowest BCUT2D eigenvalue weighted by Gasteiger charge is -2.49. The van der Waals surface area contributed by atoms with Gasteiger partial charge < -0.3 is 62.1 Å². The van der Waals surface area contributed by atoms with Crippen molar-refractivity contribution in [2.24, 2.45) is 23.7 Å². The molecule has 5 heterocycles. The van der Waals surface area contributed by atoms with Gasteiger partial charge in [0.15, 0.2) is 30.4 Å². The second kappa shape index (κ2) is 17.7. The third kappa shape index (κ3) is 9.10. The molecule has 0 saturated carbocycles. The molecule has 5 aliphatic heterocycles. The fourth-order valence-corrected chi connectivity index (χ4v) is 10.1. The van der Waals surface area contributed by atoms with Gasteiger partial charge >= 0.3 is 24.2 Å². The number of carbonyl (C=O) groups excluding carboxylic acids is 4. The van der Waals surface area contributed by atoms with Gasteiger partial charge in [-0.3, -0.25) is 9.59 Å². The highest BCUT2D eigenvalue weighted by molar-refractivity contribution is 5.73. The summed E-state index contributed by atoms with van der Waals surface area (Å²) in [5.41, 5.74) is -4.01. The number of rotatable bonds is 8. The van der Waals surface area contributed by atoms with E-state index in [4.69, 9.17) is 52.1 Å². The van der Waals surface area contributed by atoms with Gasteiger partial charge in [-0.05, 0) is 80.8 Å². The average molecular weight is 830 g/mol. The number of carbonyl (C=O) groups is 4. The number of likely N-dealkylation sites (N-methyl/N-ethyl adjacent to an activating group) is 1. The van der Waals surface area contributed by atoms with Gasteiger partial charge in [0.2, 0.25) is 0 Å². The van der Waals surface area contributed by atoms with E-state index in [1.54, 1.807) is 48.5 Å². The van der Waals surface area contributed by atoms with Crippen LogP contribution in [0, 0.1) is 23.7 Å². The van der Waals surface area contributed by atoms with Gasteiger partial charge in [-0.15, -0.1) is 0 Å². The van der Waals surface area contributed by atoms with Gasteiger partial charge in [-0.1, -0.05) is 27.7 Å². The SMILES string of the molecule is CC[C@H]1OC(=O)[C@H](C)[C@@H](O[C@H]2C[C@@](C)(OC)[C@@H](O)[C@H](C)O2)[C@H](C)[C@@H](O[C@@H]2O[C@H](C)C[C@H](N(C)C)[C@H]2OC(C)=O)[C@@]2(C)C[C@@H](C)[C@H](OC(=O)O2)[C@H](C)[C@H]2OC(=O)O[C@@]21C. The van der Waals surface area contributed by atoms with E-state index < -0.39 is 126 Å². The van der Waals surface area contributed by atoms with Crippen LogP contribution in [0.5, 0.6) is 0 Å². The van der Waals surface area contributed by atoms with Crippen molar-refractivity contribution in [2.75, 3.05) is 21.2 Å². The molecule has 0 aromatic carbocycles. The Morgan fingerprint density at radius 1 is 0.879 bits per heavy atom. The Hall–Kier alpha value is -2.80. The maximum absolute atomic E-state index is 14.6. The van der Waals surface area contributed by atoms with Gasteiger partial charge in [0, 0.05) is 32.3 Å². The molecule has 0 aromatic heterocycles. The summed E-state index contributed by atoms with van der Waals surface area (Å²) < 4.78 is 68.4. The second-order valence-electron chi connectivity index (χ2n) is 18.1. The molecule has 332 valence electrons. The lowest BCUT2D eigenvalue weighted by atomic mass is 9.73. The number of ether oxygens (including phenoxy) is 11. The molecule has 58 heavy (non-hydrogen) atoms. The molecule has 5 rings (SSSR count). The minimum Gasteiger partial charge on any atom is -0.458 e. The first-order chi connectivity index (χ1) is 27.0. The number of aliphatic hydroxyl groups excluding tert-OH is 1. The number of aliphatic hydroxyl groups is 1. The summed E-state index contributed by atoms with van der Waals surface area (Å²) in [6.07, 6.45) is -11.0. The highest BCUT2D eigenvalue weighted by Crippen LogP contribution is 2.47. The summed E-state index contributed by atoms with van der Waals surface area (Å²) in [4.78, 5) is 55.9. The normalized spacial score (nSPS) is 47.7. The van der Waals surface area contributed by atoms with Gasteiger partial charge in [0.1, 0.15) is 30.0 Å². The fourth-order valence-electron chi connectivity index (χ4n) is 10.1. The average Bonchev–Trinajstić information content (AvgIpc) is 3.39. The van der Waals surface area contributed by atoms with Crippen LogP contribution < -0.4 is 0 Å². The van der Waals surface area contributed by atoms with Crippen molar-refractivity contribution >= 4 is 24.2 Å². The van der Waals surface area contributed by atoms with Gasteiger partial charge in [0.05, 0.1) is 35.9 Å². The molecule has 5 fully saturated rings. The number of fused-ring (bicyclic) bond motifs is 4. The molecule has 0 unspecified atom stereocenters. The van der Waals surface area contributed by atoms with E-state index in [0.717, 1.165) is 0 Å². The molecule has 0 spiro atoms. The molecular weight excluding hydrogens is 762 g/mol. The Kier molecular flexibility index (Phi) is 14.1. The Bertz CT molecular complexity index is 1500. The van der Waals surface area contributed by atoms with Crippen molar-refractivity contribution in [2.45, 2.75) is 192 Å². The lowest BCUT2D eigenvalue weighted by Crippen LogP contribution is -2.61. The van der Waals surface area contributed by atoms with Crippen LogP contribution in [0.4, 0.5) is 9.59 Å². The summed E-state index contributed by atoms with van der Waals surface area (Å²) in [6, 6.07) is -0.309. The Balaban J connectivity index is 1.68. The standard InChI is InChI=1S/C41H67NO16/c1-15-27-41(11)34(56-38(47)58-41)21(4)29-19(2)17-40(10,57-37(46)54-29)33(55-36-31(51-25(8)43)26(42(12)13)16-20(3)49-36)22(5)30(23(6)35(45)52-27)53-28-18-39(9,48-14)32(44)24(7)50-28/h19-24,26-34,36,44H,15-18H2,1-14H3/t19-,20-,21+,22+,23-,24+,26+,27-,28+,29+,30+,31-,32+,33-,34-,36+,39-,40-,41-/m1/s1. The Morgan fingerprint density at radius 2 is 1.53 bits per heavy atom. The molecule has 5 aliphatic rings. The van der Waals surface area contributed by atoms with Crippen LogP contribution in [0.3, 0.4) is 0 Å². The first-order valence-corrected chi connectivity index (χ1v) is 20.7. The Morgan fingerprint density at radius 3 is 2.14 bits per heavy atom.